The van der Waals surface area contributed by atoms with Crippen molar-refractivity contribution in [3.05, 3.63) is 57.2 Å². The lowest BCUT2D eigenvalue weighted by molar-refractivity contribution is 0.159. The van der Waals surface area contributed by atoms with Gasteiger partial charge in [0.05, 0.1) is 5.03 Å². The predicted molar refractivity (Wildman–Crippen MR) is 59.1 cm³/mol. The molecule has 16 heavy (non-hydrogen) atoms. The number of aromatic nitrogens is 2. The van der Waals surface area contributed by atoms with E-state index in [1.165, 1.54) is 17.8 Å². The molecule has 0 saturated heterocycles. The molecule has 2 aromatic rings. The first-order valence-electron chi connectivity index (χ1n) is 4.45. The molecule has 0 bridgehead atoms. The van der Waals surface area contributed by atoms with E-state index >= 15 is 0 Å². The maximum Gasteiger partial charge on any atom is 0.362 e. The van der Waals surface area contributed by atoms with Crippen LogP contribution in [0.25, 0.3) is 0 Å². The van der Waals surface area contributed by atoms with Crippen LogP contribution in [0.4, 0.5) is 0 Å². The van der Waals surface area contributed by atoms with E-state index in [1.807, 2.05) is 30.3 Å². The monoisotopic (exact) mass is 236 g/mol. The first-order valence-corrected chi connectivity index (χ1v) is 5.27. The lowest BCUT2D eigenvalue weighted by atomic mass is 10.4. The fraction of sp³-hybridized carbons (Fsp3) is 0. The Labute approximate surface area is 94.3 Å². The molecule has 1 heterocycles. The van der Waals surface area contributed by atoms with E-state index in [9.17, 15) is 9.59 Å². The van der Waals surface area contributed by atoms with Crippen LogP contribution in [0.2, 0.25) is 0 Å². The molecule has 0 atom stereocenters. The van der Waals surface area contributed by atoms with Crippen LogP contribution in [0.3, 0.4) is 0 Å². The molecular weight excluding hydrogens is 228 g/mol. The number of hydrogen-bond acceptors (Lipinski definition) is 4. The van der Waals surface area contributed by atoms with Gasteiger partial charge in [-0.05, 0) is 12.1 Å². The molecule has 2 N–H and O–H groups in total. The Hall–Kier alpha value is -1.95. The fourth-order valence-electron chi connectivity index (χ4n) is 1.14. The summed E-state index contributed by atoms with van der Waals surface area (Å²) in [6.07, 6.45) is 0. The minimum atomic E-state index is -0.842. The average Bonchev–Trinajstić information content (AvgIpc) is 2.27. The first kappa shape index (κ1) is 10.6. The van der Waals surface area contributed by atoms with Gasteiger partial charge in [0.15, 0.2) is 0 Å². The second kappa shape index (κ2) is 4.28. The fourth-order valence-corrected chi connectivity index (χ4v) is 1.98. The van der Waals surface area contributed by atoms with Crippen LogP contribution in [0, 0.1) is 0 Å². The Balaban J connectivity index is 2.37. The topological polar surface area (TPSA) is 75.1 Å². The van der Waals surface area contributed by atoms with Crippen molar-refractivity contribution in [1.29, 1.82) is 0 Å². The number of rotatable bonds is 2. The molecule has 0 aliphatic rings. The lowest BCUT2D eigenvalue weighted by Gasteiger charge is -2.01. The molecule has 0 fully saturated rings. The second-order valence-electron chi connectivity index (χ2n) is 3.00. The Bertz CT molecular complexity index is 572. The van der Waals surface area contributed by atoms with Gasteiger partial charge in [-0.2, -0.15) is 0 Å². The lowest BCUT2D eigenvalue weighted by Crippen LogP contribution is -2.32. The van der Waals surface area contributed by atoms with Gasteiger partial charge in [-0.15, -0.1) is 0 Å². The van der Waals surface area contributed by atoms with Crippen molar-refractivity contribution in [3.8, 4) is 0 Å². The van der Waals surface area contributed by atoms with E-state index in [0.717, 1.165) is 4.90 Å². The molecule has 0 unspecified atom stereocenters. The zero-order valence-electron chi connectivity index (χ0n) is 8.08. The summed E-state index contributed by atoms with van der Waals surface area (Å²) < 4.78 is 0.0368. The summed E-state index contributed by atoms with van der Waals surface area (Å²) in [4.78, 5) is 25.5. The summed E-state index contributed by atoms with van der Waals surface area (Å²) >= 11 is 1.24. The van der Waals surface area contributed by atoms with Gasteiger partial charge in [-0.1, -0.05) is 34.7 Å². The van der Waals surface area contributed by atoms with Crippen molar-refractivity contribution in [2.45, 2.75) is 9.92 Å². The van der Waals surface area contributed by atoms with E-state index < -0.39 is 11.2 Å². The van der Waals surface area contributed by atoms with Gasteiger partial charge in [0.2, 0.25) is 0 Å². The van der Waals surface area contributed by atoms with Gasteiger partial charge in [0.1, 0.15) is 0 Å². The van der Waals surface area contributed by atoms with Crippen LogP contribution in [0.1, 0.15) is 0 Å². The summed E-state index contributed by atoms with van der Waals surface area (Å²) in [6.45, 7) is 0. The maximum atomic E-state index is 11.1. The highest BCUT2D eigenvalue weighted by molar-refractivity contribution is 7.99. The van der Waals surface area contributed by atoms with Crippen molar-refractivity contribution in [2.24, 2.45) is 0 Å². The van der Waals surface area contributed by atoms with E-state index in [0.29, 0.717) is 5.03 Å². The highest BCUT2D eigenvalue weighted by Crippen LogP contribution is 2.23. The second-order valence-corrected chi connectivity index (χ2v) is 4.12. The molecule has 0 aliphatic heterocycles. The molecule has 1 aromatic heterocycles. The summed E-state index contributed by atoms with van der Waals surface area (Å²) in [5, 5.41) is 9.34. The molecule has 82 valence electrons. The van der Waals surface area contributed by atoms with Crippen molar-refractivity contribution in [1.82, 2.24) is 9.71 Å². The number of hydrogen-bond donors (Lipinski definition) is 2. The smallest absolute Gasteiger partial charge is 0.362 e. The molecule has 0 aliphatic carbocycles. The summed E-state index contributed by atoms with van der Waals surface area (Å²) in [5.74, 6) is 0. The van der Waals surface area contributed by atoms with Crippen LogP contribution >= 0.6 is 11.8 Å². The molecule has 6 heteroatoms. The van der Waals surface area contributed by atoms with Crippen molar-refractivity contribution in [3.63, 3.8) is 0 Å². The molecule has 5 nitrogen and oxygen atoms in total. The Morgan fingerprint density at radius 3 is 2.50 bits per heavy atom. The third-order valence-electron chi connectivity index (χ3n) is 1.86. The molecule has 0 amide bonds. The number of nitrogens with zero attached hydrogens (tertiary/aromatic N) is 1. The summed E-state index contributed by atoms with van der Waals surface area (Å²) in [5.41, 5.74) is -1.59. The average molecular weight is 236 g/mol. The van der Waals surface area contributed by atoms with E-state index in [4.69, 9.17) is 5.21 Å². The minimum Gasteiger partial charge on any atom is -0.421 e. The van der Waals surface area contributed by atoms with Gasteiger partial charge in [-0.3, -0.25) is 9.78 Å². The van der Waals surface area contributed by atoms with Gasteiger partial charge < -0.3 is 5.21 Å². The zero-order chi connectivity index (χ0) is 11.5. The normalized spacial score (nSPS) is 10.2. The number of benzene rings is 1. The quantitative estimate of drug-likeness (QED) is 0.600. The Morgan fingerprint density at radius 2 is 1.88 bits per heavy atom. The van der Waals surface area contributed by atoms with E-state index in [2.05, 4.69) is 4.98 Å². The summed E-state index contributed by atoms with van der Waals surface area (Å²) in [6, 6.07) is 10.5. The third kappa shape index (κ3) is 2.17. The number of nitrogens with one attached hydrogen (secondary N) is 1. The largest absolute Gasteiger partial charge is 0.421 e. The van der Waals surface area contributed by atoms with Gasteiger partial charge in [0.25, 0.3) is 5.56 Å². The van der Waals surface area contributed by atoms with Crippen LogP contribution in [-0.2, 0) is 0 Å². The van der Waals surface area contributed by atoms with Crippen molar-refractivity contribution in [2.75, 3.05) is 0 Å². The highest BCUT2D eigenvalue weighted by Gasteiger charge is 2.03. The Morgan fingerprint density at radius 1 is 1.19 bits per heavy atom. The van der Waals surface area contributed by atoms with Crippen LogP contribution in [-0.4, -0.2) is 14.9 Å². The molecule has 0 radical (unpaired) electrons. The van der Waals surface area contributed by atoms with E-state index in [-0.39, 0.29) is 4.73 Å². The highest BCUT2D eigenvalue weighted by atomic mass is 32.2. The molecule has 0 spiro atoms. The number of H-pyrrole nitrogens is 1. The standard InChI is InChI=1S/C10H8N2O3S/c13-9-6-8(11-10(14)12(9)15)16-7-4-2-1-3-5-7/h1-6,15H,(H,11,14). The Kier molecular flexibility index (Phi) is 2.82. The molecule has 1 aromatic carbocycles. The van der Waals surface area contributed by atoms with Crippen LogP contribution in [0.15, 0.2) is 55.9 Å². The molecule has 0 saturated carbocycles. The van der Waals surface area contributed by atoms with Crippen molar-refractivity contribution < 1.29 is 5.21 Å². The minimum absolute atomic E-state index is 0.0368. The molecule has 2 rings (SSSR count). The van der Waals surface area contributed by atoms with Crippen LogP contribution < -0.4 is 11.2 Å². The number of aromatic amines is 1. The summed E-state index contributed by atoms with van der Waals surface area (Å²) in [7, 11) is 0. The zero-order valence-corrected chi connectivity index (χ0v) is 8.90. The van der Waals surface area contributed by atoms with Crippen molar-refractivity contribution >= 4 is 11.8 Å². The third-order valence-corrected chi connectivity index (χ3v) is 2.80. The SMILES string of the molecule is O=c1cc(Sc2ccccc2)[nH]c(=O)n1O. The maximum absolute atomic E-state index is 11.1. The van der Waals surface area contributed by atoms with E-state index in [1.54, 1.807) is 0 Å². The van der Waals surface area contributed by atoms with Gasteiger partial charge >= 0.3 is 5.69 Å². The predicted octanol–water partition coefficient (Wildman–Crippen LogP) is 0.925. The molecular formula is C10H8N2O3S. The first-order chi connectivity index (χ1) is 7.66. The van der Waals surface area contributed by atoms with Crippen LogP contribution in [0.5, 0.6) is 0 Å². The van der Waals surface area contributed by atoms with Gasteiger partial charge in [-0.25, -0.2) is 4.79 Å². The van der Waals surface area contributed by atoms with Gasteiger partial charge in [0, 0.05) is 11.0 Å².